The van der Waals surface area contributed by atoms with Crippen LogP contribution in [0.2, 0.25) is 0 Å². The summed E-state index contributed by atoms with van der Waals surface area (Å²) in [5.41, 5.74) is 8.51. The number of rotatable bonds is 4. The number of ether oxygens (including phenoxy) is 2. The van der Waals surface area contributed by atoms with Crippen molar-refractivity contribution in [3.63, 3.8) is 0 Å². The van der Waals surface area contributed by atoms with Crippen LogP contribution in [0.4, 0.5) is 0 Å². The molecule has 19 heavy (non-hydrogen) atoms. The fraction of sp³-hybridized carbons (Fsp3) is 0.600. The van der Waals surface area contributed by atoms with E-state index in [9.17, 15) is 0 Å². The third kappa shape index (κ3) is 2.36. The van der Waals surface area contributed by atoms with Gasteiger partial charge in [-0.2, -0.15) is 0 Å². The number of hydrogen-bond donors (Lipinski definition) is 1. The molecule has 2 rings (SSSR count). The average molecular weight is 328 g/mol. The van der Waals surface area contributed by atoms with Crippen LogP contribution in [0.3, 0.4) is 0 Å². The number of hydrogen-bond acceptors (Lipinski definition) is 3. The third-order valence-corrected chi connectivity index (χ3v) is 4.74. The Morgan fingerprint density at radius 1 is 1.21 bits per heavy atom. The summed E-state index contributed by atoms with van der Waals surface area (Å²) in [6.45, 7) is 4.31. The minimum absolute atomic E-state index is 0.246. The molecule has 0 amide bonds. The first kappa shape index (κ1) is 14.7. The molecule has 3 nitrogen and oxygen atoms in total. The van der Waals surface area contributed by atoms with Crippen molar-refractivity contribution >= 4 is 15.9 Å². The Morgan fingerprint density at radius 2 is 1.79 bits per heavy atom. The number of benzene rings is 1. The molecule has 0 bridgehead atoms. The molecule has 1 aromatic carbocycles. The summed E-state index contributed by atoms with van der Waals surface area (Å²) in [5, 5.41) is 0. The zero-order valence-corrected chi connectivity index (χ0v) is 13.6. The maximum Gasteiger partial charge on any atom is 0.141 e. The summed E-state index contributed by atoms with van der Waals surface area (Å²) < 4.78 is 12.0. The maximum absolute atomic E-state index is 6.49. The lowest BCUT2D eigenvalue weighted by Crippen LogP contribution is -2.43. The SMILES string of the molecule is COc1c(C(C)C)cc(C2(N)CCC2)c(OC)c1Br. The van der Waals surface area contributed by atoms with Gasteiger partial charge in [0, 0.05) is 11.1 Å². The largest absolute Gasteiger partial charge is 0.495 e. The van der Waals surface area contributed by atoms with Crippen LogP contribution in [0, 0.1) is 0 Å². The number of nitrogens with two attached hydrogens (primary N) is 1. The molecule has 1 saturated carbocycles. The van der Waals surface area contributed by atoms with Gasteiger partial charge in [0.25, 0.3) is 0 Å². The molecule has 2 N–H and O–H groups in total. The summed E-state index contributed by atoms with van der Waals surface area (Å²) in [4.78, 5) is 0. The minimum Gasteiger partial charge on any atom is -0.495 e. The van der Waals surface area contributed by atoms with Crippen molar-refractivity contribution in [1.82, 2.24) is 0 Å². The summed E-state index contributed by atoms with van der Waals surface area (Å²) in [5.74, 6) is 2.03. The van der Waals surface area contributed by atoms with Crippen LogP contribution >= 0.6 is 15.9 Å². The highest BCUT2D eigenvalue weighted by Gasteiger charge is 2.38. The molecule has 0 radical (unpaired) electrons. The van der Waals surface area contributed by atoms with Gasteiger partial charge < -0.3 is 15.2 Å². The van der Waals surface area contributed by atoms with E-state index >= 15 is 0 Å². The molecule has 0 unspecified atom stereocenters. The number of methoxy groups -OCH3 is 2. The van der Waals surface area contributed by atoms with Crippen molar-refractivity contribution in [2.75, 3.05) is 14.2 Å². The van der Waals surface area contributed by atoms with E-state index in [2.05, 4.69) is 35.8 Å². The first-order chi connectivity index (χ1) is 8.94. The van der Waals surface area contributed by atoms with Gasteiger partial charge >= 0.3 is 0 Å². The monoisotopic (exact) mass is 327 g/mol. The molecule has 0 spiro atoms. The Balaban J connectivity index is 2.66. The van der Waals surface area contributed by atoms with Crippen LogP contribution in [0.25, 0.3) is 0 Å². The van der Waals surface area contributed by atoms with Crippen molar-refractivity contribution in [2.45, 2.75) is 44.6 Å². The molecular weight excluding hydrogens is 306 g/mol. The smallest absolute Gasteiger partial charge is 0.141 e. The van der Waals surface area contributed by atoms with Crippen molar-refractivity contribution in [1.29, 1.82) is 0 Å². The van der Waals surface area contributed by atoms with E-state index < -0.39 is 0 Å². The van der Waals surface area contributed by atoms with E-state index in [0.717, 1.165) is 34.4 Å². The van der Waals surface area contributed by atoms with E-state index in [1.54, 1.807) is 14.2 Å². The lowest BCUT2D eigenvalue weighted by Gasteiger charge is -2.40. The van der Waals surface area contributed by atoms with E-state index in [1.165, 1.54) is 12.0 Å². The highest BCUT2D eigenvalue weighted by atomic mass is 79.9. The molecule has 0 saturated heterocycles. The Labute approximate surface area is 123 Å². The molecule has 1 aliphatic rings. The van der Waals surface area contributed by atoms with Crippen molar-refractivity contribution in [3.05, 3.63) is 21.7 Å². The quantitative estimate of drug-likeness (QED) is 0.911. The molecule has 0 heterocycles. The molecule has 1 aliphatic carbocycles. The van der Waals surface area contributed by atoms with E-state index in [-0.39, 0.29) is 5.54 Å². The summed E-state index contributed by atoms with van der Waals surface area (Å²) in [7, 11) is 3.37. The van der Waals surface area contributed by atoms with Gasteiger partial charge in [0.1, 0.15) is 16.0 Å². The predicted molar refractivity (Wildman–Crippen MR) is 81.1 cm³/mol. The Bertz CT molecular complexity index is 482. The van der Waals surface area contributed by atoms with Crippen LogP contribution < -0.4 is 15.2 Å². The van der Waals surface area contributed by atoms with Gasteiger partial charge in [-0.1, -0.05) is 13.8 Å². The fourth-order valence-electron chi connectivity index (χ4n) is 2.67. The van der Waals surface area contributed by atoms with Crippen LogP contribution in [0.5, 0.6) is 11.5 Å². The zero-order valence-electron chi connectivity index (χ0n) is 12.0. The van der Waals surface area contributed by atoms with Crippen LogP contribution in [-0.2, 0) is 5.54 Å². The van der Waals surface area contributed by atoms with Crippen molar-refractivity contribution < 1.29 is 9.47 Å². The van der Waals surface area contributed by atoms with Gasteiger partial charge in [-0.25, -0.2) is 0 Å². The molecule has 106 valence electrons. The van der Waals surface area contributed by atoms with Gasteiger partial charge in [0.05, 0.1) is 14.2 Å². The maximum atomic E-state index is 6.49. The Morgan fingerprint density at radius 3 is 2.16 bits per heavy atom. The van der Waals surface area contributed by atoms with Gasteiger partial charge in [-0.15, -0.1) is 0 Å². The van der Waals surface area contributed by atoms with Crippen LogP contribution in [0.1, 0.15) is 50.2 Å². The Hall–Kier alpha value is -0.740. The molecule has 0 aliphatic heterocycles. The van der Waals surface area contributed by atoms with Crippen molar-refractivity contribution in [3.8, 4) is 11.5 Å². The summed E-state index contributed by atoms with van der Waals surface area (Å²) in [6, 6.07) is 2.16. The third-order valence-electron chi connectivity index (χ3n) is 4.02. The second-order valence-corrected chi connectivity index (χ2v) is 6.35. The lowest BCUT2D eigenvalue weighted by atomic mass is 9.71. The van der Waals surface area contributed by atoms with E-state index in [4.69, 9.17) is 15.2 Å². The van der Waals surface area contributed by atoms with Gasteiger partial charge in [-0.3, -0.25) is 0 Å². The van der Waals surface area contributed by atoms with Crippen LogP contribution in [-0.4, -0.2) is 14.2 Å². The molecular formula is C15H22BrNO2. The fourth-order valence-corrected chi connectivity index (χ4v) is 3.43. The van der Waals surface area contributed by atoms with Crippen molar-refractivity contribution in [2.24, 2.45) is 5.73 Å². The summed E-state index contributed by atoms with van der Waals surface area (Å²) in [6.07, 6.45) is 3.21. The van der Waals surface area contributed by atoms with E-state index in [1.807, 2.05) is 0 Å². The normalized spacial score (nSPS) is 17.2. The molecule has 0 atom stereocenters. The van der Waals surface area contributed by atoms with Gasteiger partial charge in [0.15, 0.2) is 0 Å². The highest BCUT2D eigenvalue weighted by molar-refractivity contribution is 9.10. The minimum atomic E-state index is -0.246. The second kappa shape index (κ2) is 5.33. The predicted octanol–water partition coefficient (Wildman–Crippen LogP) is 3.93. The Kier molecular flexibility index (Phi) is 4.11. The average Bonchev–Trinajstić information content (AvgIpc) is 2.34. The lowest BCUT2D eigenvalue weighted by molar-refractivity contribution is 0.242. The highest BCUT2D eigenvalue weighted by Crippen LogP contribution is 2.50. The zero-order chi connectivity index (χ0) is 14.2. The second-order valence-electron chi connectivity index (χ2n) is 5.56. The van der Waals surface area contributed by atoms with Gasteiger partial charge in [0.2, 0.25) is 0 Å². The standard InChI is InChI=1S/C15H22BrNO2/c1-9(2)10-8-11(15(17)6-5-7-15)14(19-4)12(16)13(10)18-3/h8-9H,5-7,17H2,1-4H3. The number of halogens is 1. The molecule has 4 heteroatoms. The van der Waals surface area contributed by atoms with Gasteiger partial charge in [-0.05, 0) is 52.7 Å². The first-order valence-corrected chi connectivity index (χ1v) is 7.47. The van der Waals surface area contributed by atoms with Crippen LogP contribution in [0.15, 0.2) is 10.5 Å². The summed E-state index contributed by atoms with van der Waals surface area (Å²) >= 11 is 3.61. The molecule has 0 aromatic heterocycles. The van der Waals surface area contributed by atoms with E-state index in [0.29, 0.717) is 5.92 Å². The molecule has 1 fully saturated rings. The topological polar surface area (TPSA) is 44.5 Å². The molecule has 1 aromatic rings. The first-order valence-electron chi connectivity index (χ1n) is 6.68.